The average Bonchev–Trinajstić information content (AvgIpc) is 3.34. The molecule has 1 aliphatic rings. The topological polar surface area (TPSA) is 47.6 Å². The van der Waals surface area contributed by atoms with Gasteiger partial charge in [0.05, 0.1) is 22.6 Å². The van der Waals surface area contributed by atoms with Gasteiger partial charge in [0.2, 0.25) is 0 Å². The standard InChI is InChI=1S/C32H31N5/c1-2-11-26-22-30(37-29-17-10-9-16-28(29)34-32(37)27(26)23-33)35-18-20-36(21-19-35)31(24-12-5-3-6-13-24)25-14-7-4-8-15-25/h3-10,12-17,22,31H,2,11,18-21H2,1H3. The lowest BCUT2D eigenvalue weighted by atomic mass is 9.96. The van der Waals surface area contributed by atoms with Crippen molar-refractivity contribution < 1.29 is 0 Å². The van der Waals surface area contributed by atoms with Crippen molar-refractivity contribution in [3.8, 4) is 6.07 Å². The number of nitriles is 1. The monoisotopic (exact) mass is 485 g/mol. The van der Waals surface area contributed by atoms with E-state index in [-0.39, 0.29) is 6.04 Å². The van der Waals surface area contributed by atoms with Crippen molar-refractivity contribution >= 4 is 22.5 Å². The molecule has 0 saturated carbocycles. The van der Waals surface area contributed by atoms with Crippen LogP contribution in [0.4, 0.5) is 5.82 Å². The summed E-state index contributed by atoms with van der Waals surface area (Å²) in [6.07, 6.45) is 1.87. The van der Waals surface area contributed by atoms with E-state index in [1.54, 1.807) is 0 Å². The molecule has 5 nitrogen and oxygen atoms in total. The summed E-state index contributed by atoms with van der Waals surface area (Å²) in [6, 6.07) is 34.8. The molecular weight excluding hydrogens is 454 g/mol. The molecule has 2 aromatic heterocycles. The third-order valence-electron chi connectivity index (χ3n) is 7.50. The highest BCUT2D eigenvalue weighted by Crippen LogP contribution is 2.33. The van der Waals surface area contributed by atoms with Gasteiger partial charge in [0.1, 0.15) is 11.9 Å². The first kappa shape index (κ1) is 23.3. The highest BCUT2D eigenvalue weighted by atomic mass is 15.3. The van der Waals surface area contributed by atoms with Crippen LogP contribution in [0.5, 0.6) is 0 Å². The number of anilines is 1. The molecule has 37 heavy (non-hydrogen) atoms. The number of imidazole rings is 1. The Morgan fingerprint density at radius 1 is 0.838 bits per heavy atom. The van der Waals surface area contributed by atoms with Crippen molar-refractivity contribution in [1.29, 1.82) is 5.26 Å². The molecule has 5 heteroatoms. The molecule has 3 aromatic carbocycles. The molecule has 184 valence electrons. The summed E-state index contributed by atoms with van der Waals surface area (Å²) in [5, 5.41) is 10.1. The molecule has 3 heterocycles. The first-order valence-corrected chi connectivity index (χ1v) is 13.2. The molecule has 0 bridgehead atoms. The molecule has 6 rings (SSSR count). The van der Waals surface area contributed by atoms with E-state index < -0.39 is 0 Å². The normalized spacial score (nSPS) is 14.5. The lowest BCUT2D eigenvalue weighted by Crippen LogP contribution is -2.48. The van der Waals surface area contributed by atoms with Gasteiger partial charge in [-0.1, -0.05) is 86.1 Å². The van der Waals surface area contributed by atoms with Crippen LogP contribution >= 0.6 is 0 Å². The van der Waals surface area contributed by atoms with Crippen molar-refractivity contribution in [3.63, 3.8) is 0 Å². The van der Waals surface area contributed by atoms with Gasteiger partial charge < -0.3 is 4.90 Å². The van der Waals surface area contributed by atoms with Gasteiger partial charge >= 0.3 is 0 Å². The molecule has 0 atom stereocenters. The van der Waals surface area contributed by atoms with Crippen LogP contribution in [0.15, 0.2) is 91.0 Å². The van der Waals surface area contributed by atoms with Gasteiger partial charge in [-0.3, -0.25) is 9.30 Å². The van der Waals surface area contributed by atoms with Gasteiger partial charge in [0, 0.05) is 26.2 Å². The molecule has 0 N–H and O–H groups in total. The number of rotatable bonds is 6. The van der Waals surface area contributed by atoms with Gasteiger partial charge in [0.15, 0.2) is 5.65 Å². The molecule has 0 unspecified atom stereocenters. The van der Waals surface area contributed by atoms with Gasteiger partial charge in [-0.05, 0) is 41.3 Å². The molecule has 1 fully saturated rings. The maximum absolute atomic E-state index is 10.1. The Morgan fingerprint density at radius 2 is 1.46 bits per heavy atom. The van der Waals surface area contributed by atoms with Crippen LogP contribution in [0.25, 0.3) is 16.7 Å². The SMILES string of the molecule is CCCc1cc(N2CCN(C(c3ccccc3)c3ccccc3)CC2)n2c(nc3ccccc32)c1C#N. The largest absolute Gasteiger partial charge is 0.355 e. The highest BCUT2D eigenvalue weighted by molar-refractivity contribution is 5.85. The van der Waals surface area contributed by atoms with Crippen LogP contribution in [0.3, 0.4) is 0 Å². The number of pyridine rings is 1. The Bertz CT molecular complexity index is 1520. The minimum absolute atomic E-state index is 0.232. The molecule has 1 saturated heterocycles. The first-order chi connectivity index (χ1) is 18.3. The number of benzene rings is 3. The van der Waals surface area contributed by atoms with E-state index in [2.05, 4.69) is 106 Å². The van der Waals surface area contributed by atoms with Crippen LogP contribution in [0.1, 0.15) is 41.6 Å². The van der Waals surface area contributed by atoms with Gasteiger partial charge in [-0.15, -0.1) is 0 Å². The molecule has 0 radical (unpaired) electrons. The van der Waals surface area contributed by atoms with Crippen molar-refractivity contribution in [2.75, 3.05) is 31.1 Å². The van der Waals surface area contributed by atoms with E-state index in [9.17, 15) is 5.26 Å². The Labute approximate surface area is 218 Å². The molecule has 1 aliphatic heterocycles. The van der Waals surface area contributed by atoms with Crippen molar-refractivity contribution in [2.24, 2.45) is 0 Å². The Balaban J connectivity index is 1.38. The van der Waals surface area contributed by atoms with Gasteiger partial charge in [0.25, 0.3) is 0 Å². The van der Waals surface area contributed by atoms with E-state index in [1.807, 2.05) is 12.1 Å². The van der Waals surface area contributed by atoms with E-state index in [1.165, 1.54) is 11.1 Å². The molecule has 5 aromatic rings. The van der Waals surface area contributed by atoms with Crippen LogP contribution in [-0.2, 0) is 6.42 Å². The Morgan fingerprint density at radius 3 is 2.08 bits per heavy atom. The quantitative estimate of drug-likeness (QED) is 0.286. The lowest BCUT2D eigenvalue weighted by molar-refractivity contribution is 0.212. The first-order valence-electron chi connectivity index (χ1n) is 13.2. The summed E-state index contributed by atoms with van der Waals surface area (Å²) < 4.78 is 2.20. The van der Waals surface area contributed by atoms with Crippen LogP contribution in [-0.4, -0.2) is 40.5 Å². The maximum Gasteiger partial charge on any atom is 0.157 e. The molecule has 0 amide bonds. The van der Waals surface area contributed by atoms with E-state index in [4.69, 9.17) is 4.98 Å². The second-order valence-corrected chi connectivity index (χ2v) is 9.77. The summed E-state index contributed by atoms with van der Waals surface area (Å²) in [4.78, 5) is 9.99. The third kappa shape index (κ3) is 4.24. The number of fused-ring (bicyclic) bond motifs is 3. The average molecular weight is 486 g/mol. The fourth-order valence-electron chi connectivity index (χ4n) is 5.78. The second-order valence-electron chi connectivity index (χ2n) is 9.77. The summed E-state index contributed by atoms with van der Waals surface area (Å²) in [5.41, 5.74) is 7.22. The fraction of sp³-hybridized carbons (Fsp3) is 0.250. The van der Waals surface area contributed by atoms with Crippen molar-refractivity contribution in [3.05, 3.63) is 113 Å². The van der Waals surface area contributed by atoms with E-state index in [0.717, 1.165) is 67.1 Å². The van der Waals surface area contributed by atoms with Crippen molar-refractivity contribution in [1.82, 2.24) is 14.3 Å². The maximum atomic E-state index is 10.1. The molecular formula is C32H31N5. The Hall–Kier alpha value is -4.14. The number of nitrogens with zero attached hydrogens (tertiary/aromatic N) is 5. The van der Waals surface area contributed by atoms with Crippen LogP contribution in [0, 0.1) is 11.3 Å². The number of hydrogen-bond donors (Lipinski definition) is 0. The van der Waals surface area contributed by atoms with E-state index >= 15 is 0 Å². The zero-order chi connectivity index (χ0) is 25.2. The minimum Gasteiger partial charge on any atom is -0.355 e. The van der Waals surface area contributed by atoms with E-state index in [0.29, 0.717) is 5.56 Å². The fourth-order valence-corrected chi connectivity index (χ4v) is 5.78. The van der Waals surface area contributed by atoms with Crippen LogP contribution in [0.2, 0.25) is 0 Å². The number of hydrogen-bond acceptors (Lipinski definition) is 4. The highest BCUT2D eigenvalue weighted by Gasteiger charge is 2.28. The smallest absolute Gasteiger partial charge is 0.157 e. The zero-order valence-corrected chi connectivity index (χ0v) is 21.2. The number of aryl methyl sites for hydroxylation is 1. The van der Waals surface area contributed by atoms with Gasteiger partial charge in [-0.25, -0.2) is 4.98 Å². The number of piperazine rings is 1. The molecule has 0 spiro atoms. The summed E-state index contributed by atoms with van der Waals surface area (Å²) in [7, 11) is 0. The molecule has 0 aliphatic carbocycles. The summed E-state index contributed by atoms with van der Waals surface area (Å²) in [6.45, 7) is 5.89. The summed E-state index contributed by atoms with van der Waals surface area (Å²) in [5.74, 6) is 1.14. The number of aromatic nitrogens is 2. The minimum atomic E-state index is 0.232. The number of para-hydroxylation sites is 2. The van der Waals surface area contributed by atoms with Crippen molar-refractivity contribution in [2.45, 2.75) is 25.8 Å². The zero-order valence-electron chi connectivity index (χ0n) is 21.2. The predicted molar refractivity (Wildman–Crippen MR) is 150 cm³/mol. The predicted octanol–water partition coefficient (Wildman–Crippen LogP) is 6.22. The van der Waals surface area contributed by atoms with Crippen LogP contribution < -0.4 is 4.90 Å². The third-order valence-corrected chi connectivity index (χ3v) is 7.50. The second kappa shape index (κ2) is 10.1. The summed E-state index contributed by atoms with van der Waals surface area (Å²) >= 11 is 0. The lowest BCUT2D eigenvalue weighted by Gasteiger charge is -2.41. The Kier molecular flexibility index (Phi) is 6.34. The van der Waals surface area contributed by atoms with Gasteiger partial charge in [-0.2, -0.15) is 5.26 Å².